The van der Waals surface area contributed by atoms with Crippen LogP contribution in [0.25, 0.3) is 0 Å². The second kappa shape index (κ2) is 14.0. The van der Waals surface area contributed by atoms with E-state index in [1.165, 1.54) is 58.5 Å². The highest BCUT2D eigenvalue weighted by atomic mass is 16.5. The number of nitrogens with one attached hydrogen (secondary N) is 2. The lowest BCUT2D eigenvalue weighted by Gasteiger charge is -2.21. The molecule has 2 saturated carbocycles. The number of rotatable bonds is 6. The Morgan fingerprint density at radius 2 is 1.39 bits per heavy atom. The van der Waals surface area contributed by atoms with E-state index in [4.69, 9.17) is 4.74 Å². The molecular formula is C23H42N2O3. The van der Waals surface area contributed by atoms with Crippen molar-refractivity contribution < 1.29 is 14.3 Å². The van der Waals surface area contributed by atoms with E-state index in [1.807, 2.05) is 0 Å². The molecular weight excluding hydrogens is 352 g/mol. The van der Waals surface area contributed by atoms with Crippen LogP contribution in [-0.2, 0) is 14.3 Å². The summed E-state index contributed by atoms with van der Waals surface area (Å²) in [5.41, 5.74) is 0. The van der Waals surface area contributed by atoms with E-state index in [0.717, 1.165) is 57.4 Å². The van der Waals surface area contributed by atoms with Crippen molar-refractivity contribution in [1.29, 1.82) is 0 Å². The van der Waals surface area contributed by atoms with Crippen LogP contribution in [0.1, 0.15) is 96.3 Å². The van der Waals surface area contributed by atoms with Gasteiger partial charge in [-0.05, 0) is 51.0 Å². The molecule has 162 valence electrons. The molecule has 0 bridgehead atoms. The molecule has 0 aliphatic heterocycles. The van der Waals surface area contributed by atoms with Crippen LogP contribution in [-0.4, -0.2) is 38.1 Å². The van der Waals surface area contributed by atoms with Gasteiger partial charge in [0, 0.05) is 6.04 Å². The average molecular weight is 395 g/mol. The van der Waals surface area contributed by atoms with Crippen LogP contribution >= 0.6 is 0 Å². The summed E-state index contributed by atoms with van der Waals surface area (Å²) in [5.74, 6) is 0.714. The molecule has 2 aliphatic rings. The SMILES string of the molecule is COC(=O)C1CCCCCC(NC(=O)CNCC2CCCCCCCC2)CC1. The van der Waals surface area contributed by atoms with Crippen molar-refractivity contribution in [3.63, 3.8) is 0 Å². The number of hydrogen-bond donors (Lipinski definition) is 2. The molecule has 5 heteroatoms. The Morgan fingerprint density at radius 3 is 2.11 bits per heavy atom. The molecule has 1 amide bonds. The molecule has 0 heterocycles. The number of esters is 1. The molecule has 0 spiro atoms. The molecule has 0 aromatic carbocycles. The lowest BCUT2D eigenvalue weighted by Crippen LogP contribution is -2.41. The minimum Gasteiger partial charge on any atom is -0.469 e. The minimum absolute atomic E-state index is 0.0102. The second-order valence-electron chi connectivity index (χ2n) is 8.90. The maximum absolute atomic E-state index is 12.4. The van der Waals surface area contributed by atoms with Crippen molar-refractivity contribution in [2.45, 2.75) is 102 Å². The van der Waals surface area contributed by atoms with Crippen LogP contribution in [0.15, 0.2) is 0 Å². The van der Waals surface area contributed by atoms with Crippen molar-refractivity contribution in [2.75, 3.05) is 20.2 Å². The fourth-order valence-electron chi connectivity index (χ4n) is 4.79. The van der Waals surface area contributed by atoms with E-state index in [1.54, 1.807) is 0 Å². The standard InChI is InChI=1S/C23H42N2O3/c1-28-23(27)20-13-9-6-10-14-21(16-15-20)25-22(26)18-24-17-19-11-7-4-2-3-5-8-12-19/h19-21,24H,2-18H2,1H3,(H,25,26). The molecule has 28 heavy (non-hydrogen) atoms. The molecule has 0 aromatic rings. The van der Waals surface area contributed by atoms with Gasteiger partial charge in [-0.15, -0.1) is 0 Å². The van der Waals surface area contributed by atoms with E-state index in [9.17, 15) is 9.59 Å². The minimum atomic E-state index is -0.0938. The highest BCUT2D eigenvalue weighted by molar-refractivity contribution is 5.78. The topological polar surface area (TPSA) is 67.4 Å². The monoisotopic (exact) mass is 394 g/mol. The van der Waals surface area contributed by atoms with Gasteiger partial charge >= 0.3 is 5.97 Å². The smallest absolute Gasteiger partial charge is 0.308 e. The average Bonchev–Trinajstić information content (AvgIpc) is 2.90. The van der Waals surface area contributed by atoms with Gasteiger partial charge in [-0.25, -0.2) is 0 Å². The van der Waals surface area contributed by atoms with Crippen LogP contribution in [0, 0.1) is 11.8 Å². The first-order chi connectivity index (χ1) is 13.7. The third-order valence-corrected chi connectivity index (χ3v) is 6.56. The Labute approximate surface area is 171 Å². The molecule has 5 nitrogen and oxygen atoms in total. The van der Waals surface area contributed by atoms with Crippen LogP contribution in [0.3, 0.4) is 0 Å². The molecule has 2 N–H and O–H groups in total. The number of hydrogen-bond acceptors (Lipinski definition) is 4. The molecule has 2 rings (SSSR count). The number of carbonyl (C=O) groups excluding carboxylic acids is 2. The molecule has 2 fully saturated rings. The number of ether oxygens (including phenoxy) is 1. The quantitative estimate of drug-likeness (QED) is 0.658. The molecule has 0 radical (unpaired) electrons. The van der Waals surface area contributed by atoms with Gasteiger partial charge in [0.05, 0.1) is 19.6 Å². The fourth-order valence-corrected chi connectivity index (χ4v) is 4.79. The van der Waals surface area contributed by atoms with Crippen molar-refractivity contribution in [1.82, 2.24) is 10.6 Å². The highest BCUT2D eigenvalue weighted by Crippen LogP contribution is 2.23. The molecule has 2 atom stereocenters. The number of amides is 1. The first kappa shape index (κ1) is 23.2. The predicted molar refractivity (Wildman–Crippen MR) is 113 cm³/mol. The van der Waals surface area contributed by atoms with Gasteiger partial charge < -0.3 is 15.4 Å². The van der Waals surface area contributed by atoms with Crippen molar-refractivity contribution in [3.8, 4) is 0 Å². The van der Waals surface area contributed by atoms with Gasteiger partial charge in [0.25, 0.3) is 0 Å². The Morgan fingerprint density at radius 1 is 0.786 bits per heavy atom. The third-order valence-electron chi connectivity index (χ3n) is 6.56. The maximum Gasteiger partial charge on any atom is 0.308 e. The Hall–Kier alpha value is -1.10. The first-order valence-corrected chi connectivity index (χ1v) is 11.8. The Bertz CT molecular complexity index is 445. The number of methoxy groups -OCH3 is 1. The summed E-state index contributed by atoms with van der Waals surface area (Å²) >= 11 is 0. The maximum atomic E-state index is 12.4. The lowest BCUT2D eigenvalue weighted by molar-refractivity contribution is -0.146. The zero-order valence-corrected chi connectivity index (χ0v) is 18.0. The summed E-state index contributed by atoms with van der Waals surface area (Å²) in [6.07, 6.45) is 17.7. The van der Waals surface area contributed by atoms with Crippen molar-refractivity contribution >= 4 is 11.9 Å². The summed E-state index contributed by atoms with van der Waals surface area (Å²) in [6.45, 7) is 1.37. The normalized spacial score (nSPS) is 25.9. The van der Waals surface area contributed by atoms with Gasteiger partial charge in [-0.1, -0.05) is 57.8 Å². The van der Waals surface area contributed by atoms with E-state index < -0.39 is 0 Å². The van der Waals surface area contributed by atoms with Gasteiger partial charge in [-0.3, -0.25) is 9.59 Å². The Balaban J connectivity index is 1.69. The van der Waals surface area contributed by atoms with E-state index >= 15 is 0 Å². The first-order valence-electron chi connectivity index (χ1n) is 11.8. The molecule has 2 unspecified atom stereocenters. The van der Waals surface area contributed by atoms with E-state index in [2.05, 4.69) is 10.6 Å². The zero-order valence-electron chi connectivity index (χ0n) is 18.0. The number of carbonyl (C=O) groups is 2. The summed E-state index contributed by atoms with van der Waals surface area (Å²) < 4.78 is 4.94. The fraction of sp³-hybridized carbons (Fsp3) is 0.913. The van der Waals surface area contributed by atoms with Crippen molar-refractivity contribution in [3.05, 3.63) is 0 Å². The van der Waals surface area contributed by atoms with Crippen molar-refractivity contribution in [2.24, 2.45) is 11.8 Å². The van der Waals surface area contributed by atoms with Gasteiger partial charge in [-0.2, -0.15) is 0 Å². The van der Waals surface area contributed by atoms with Crippen LogP contribution in [0.4, 0.5) is 0 Å². The Kier molecular flexibility index (Phi) is 11.6. The van der Waals surface area contributed by atoms with Gasteiger partial charge in [0.15, 0.2) is 0 Å². The van der Waals surface area contributed by atoms with Gasteiger partial charge in [0.1, 0.15) is 0 Å². The van der Waals surface area contributed by atoms with Crippen LogP contribution in [0.5, 0.6) is 0 Å². The largest absolute Gasteiger partial charge is 0.469 e. The van der Waals surface area contributed by atoms with Crippen LogP contribution in [0.2, 0.25) is 0 Å². The van der Waals surface area contributed by atoms with E-state index in [0.29, 0.717) is 6.54 Å². The summed E-state index contributed by atoms with van der Waals surface area (Å²) in [6, 6.07) is 0.185. The summed E-state index contributed by atoms with van der Waals surface area (Å²) in [7, 11) is 1.47. The second-order valence-corrected chi connectivity index (χ2v) is 8.90. The summed E-state index contributed by atoms with van der Waals surface area (Å²) in [5, 5.41) is 6.61. The van der Waals surface area contributed by atoms with Crippen LogP contribution < -0.4 is 10.6 Å². The van der Waals surface area contributed by atoms with Gasteiger partial charge in [0.2, 0.25) is 5.91 Å². The highest BCUT2D eigenvalue weighted by Gasteiger charge is 2.23. The zero-order chi connectivity index (χ0) is 20.0. The summed E-state index contributed by atoms with van der Waals surface area (Å²) in [4.78, 5) is 24.3. The molecule has 2 aliphatic carbocycles. The predicted octanol–water partition coefficient (Wildman–Crippen LogP) is 4.34. The lowest BCUT2D eigenvalue weighted by atomic mass is 9.96. The van der Waals surface area contributed by atoms with E-state index in [-0.39, 0.29) is 23.8 Å². The molecule has 0 aromatic heterocycles. The molecule has 0 saturated heterocycles. The third kappa shape index (κ3) is 9.40.